The topological polar surface area (TPSA) is 38.3 Å². The van der Waals surface area contributed by atoms with E-state index in [2.05, 4.69) is 17.4 Å². The molecule has 18 heavy (non-hydrogen) atoms. The van der Waals surface area contributed by atoms with Gasteiger partial charge in [-0.3, -0.25) is 4.79 Å². The summed E-state index contributed by atoms with van der Waals surface area (Å²) in [5, 5.41) is 3.04. The molecule has 3 nitrogen and oxygen atoms in total. The molecule has 3 rings (SSSR count). The van der Waals surface area contributed by atoms with Crippen LogP contribution in [0, 0.1) is 5.92 Å². The average molecular weight is 245 g/mol. The SMILES string of the molecule is O=C(NC[C@H]1CCCO1)C1Cc2ccccc2C1. The molecule has 1 aliphatic heterocycles. The van der Waals surface area contributed by atoms with E-state index in [9.17, 15) is 4.79 Å². The molecule has 1 N–H and O–H groups in total. The van der Waals surface area contributed by atoms with Crippen LogP contribution in [0.2, 0.25) is 0 Å². The summed E-state index contributed by atoms with van der Waals surface area (Å²) in [7, 11) is 0. The standard InChI is InChI=1S/C15H19NO2/c17-15(16-10-14-6-3-7-18-14)13-8-11-4-1-2-5-12(11)9-13/h1-2,4-5,13-14H,3,6-10H2,(H,16,17)/t14-/m1/s1. The Labute approximate surface area is 108 Å². The predicted octanol–water partition coefficient (Wildman–Crippen LogP) is 1.70. The molecule has 1 aliphatic carbocycles. The quantitative estimate of drug-likeness (QED) is 0.880. The van der Waals surface area contributed by atoms with Gasteiger partial charge in [0.15, 0.2) is 0 Å². The van der Waals surface area contributed by atoms with Gasteiger partial charge in [-0.15, -0.1) is 0 Å². The van der Waals surface area contributed by atoms with E-state index in [0.29, 0.717) is 6.54 Å². The Hall–Kier alpha value is -1.35. The molecular weight excluding hydrogens is 226 g/mol. The van der Waals surface area contributed by atoms with Gasteiger partial charge in [0.05, 0.1) is 6.10 Å². The minimum Gasteiger partial charge on any atom is -0.376 e. The molecule has 96 valence electrons. The van der Waals surface area contributed by atoms with Gasteiger partial charge in [-0.2, -0.15) is 0 Å². The third-order valence-electron chi connectivity index (χ3n) is 3.95. The summed E-state index contributed by atoms with van der Waals surface area (Å²) in [6.07, 6.45) is 4.19. The lowest BCUT2D eigenvalue weighted by molar-refractivity contribution is -0.125. The van der Waals surface area contributed by atoms with Gasteiger partial charge >= 0.3 is 0 Å². The van der Waals surface area contributed by atoms with Gasteiger partial charge in [-0.25, -0.2) is 0 Å². The van der Waals surface area contributed by atoms with E-state index >= 15 is 0 Å². The van der Waals surface area contributed by atoms with Gasteiger partial charge in [-0.1, -0.05) is 24.3 Å². The minimum atomic E-state index is 0.115. The molecule has 3 heteroatoms. The molecule has 0 aromatic heterocycles. The lowest BCUT2D eigenvalue weighted by Gasteiger charge is -2.13. The fourth-order valence-corrected chi connectivity index (χ4v) is 2.91. The van der Waals surface area contributed by atoms with E-state index < -0.39 is 0 Å². The van der Waals surface area contributed by atoms with E-state index in [4.69, 9.17) is 4.74 Å². The first-order valence-electron chi connectivity index (χ1n) is 6.79. The van der Waals surface area contributed by atoms with Crippen molar-refractivity contribution in [2.75, 3.05) is 13.2 Å². The summed E-state index contributed by atoms with van der Waals surface area (Å²) in [5.74, 6) is 0.297. The Morgan fingerprint density at radius 1 is 1.28 bits per heavy atom. The highest BCUT2D eigenvalue weighted by Crippen LogP contribution is 2.26. The molecule has 0 radical (unpaired) electrons. The van der Waals surface area contributed by atoms with Crippen LogP contribution in [0.3, 0.4) is 0 Å². The summed E-state index contributed by atoms with van der Waals surface area (Å²) in [6, 6.07) is 8.35. The first kappa shape index (κ1) is 11.7. The Morgan fingerprint density at radius 2 is 2.00 bits per heavy atom. The van der Waals surface area contributed by atoms with Gasteiger partial charge < -0.3 is 10.1 Å². The zero-order valence-corrected chi connectivity index (χ0v) is 10.5. The molecule has 0 bridgehead atoms. The number of carbonyl (C=O) groups excluding carboxylic acids is 1. The van der Waals surface area contributed by atoms with Gasteiger partial charge in [0.1, 0.15) is 0 Å². The molecule has 1 heterocycles. The third kappa shape index (κ3) is 2.41. The van der Waals surface area contributed by atoms with Crippen LogP contribution < -0.4 is 5.32 Å². The van der Waals surface area contributed by atoms with Crippen molar-refractivity contribution in [2.45, 2.75) is 31.8 Å². The summed E-state index contributed by atoms with van der Waals surface area (Å²) in [5.41, 5.74) is 2.66. The molecule has 2 aliphatic rings. The fraction of sp³-hybridized carbons (Fsp3) is 0.533. The van der Waals surface area contributed by atoms with E-state index in [1.165, 1.54) is 11.1 Å². The highest BCUT2D eigenvalue weighted by Gasteiger charge is 2.27. The van der Waals surface area contributed by atoms with E-state index in [0.717, 1.165) is 32.3 Å². The van der Waals surface area contributed by atoms with Crippen LogP contribution in [-0.2, 0) is 22.4 Å². The van der Waals surface area contributed by atoms with Gasteiger partial charge in [-0.05, 0) is 36.8 Å². The second-order valence-electron chi connectivity index (χ2n) is 5.25. The van der Waals surface area contributed by atoms with Crippen LogP contribution in [0.1, 0.15) is 24.0 Å². The fourth-order valence-electron chi connectivity index (χ4n) is 2.91. The zero-order valence-electron chi connectivity index (χ0n) is 10.5. The lowest BCUT2D eigenvalue weighted by Crippen LogP contribution is -2.36. The van der Waals surface area contributed by atoms with E-state index in [-0.39, 0.29) is 17.9 Å². The zero-order chi connectivity index (χ0) is 12.4. The maximum Gasteiger partial charge on any atom is 0.223 e. The number of ether oxygens (including phenoxy) is 1. The third-order valence-corrected chi connectivity index (χ3v) is 3.95. The Morgan fingerprint density at radius 3 is 2.61 bits per heavy atom. The smallest absolute Gasteiger partial charge is 0.223 e. The van der Waals surface area contributed by atoms with Crippen molar-refractivity contribution in [1.29, 1.82) is 0 Å². The number of benzene rings is 1. The highest BCUT2D eigenvalue weighted by atomic mass is 16.5. The monoisotopic (exact) mass is 245 g/mol. The van der Waals surface area contributed by atoms with Crippen LogP contribution in [0.4, 0.5) is 0 Å². The Balaban J connectivity index is 1.52. The van der Waals surface area contributed by atoms with Crippen molar-refractivity contribution in [3.05, 3.63) is 35.4 Å². The molecule has 1 aromatic rings. The Kier molecular flexibility index (Phi) is 3.33. The molecule has 1 aromatic carbocycles. The van der Waals surface area contributed by atoms with Gasteiger partial charge in [0, 0.05) is 19.1 Å². The van der Waals surface area contributed by atoms with Crippen molar-refractivity contribution in [3.63, 3.8) is 0 Å². The number of rotatable bonds is 3. The van der Waals surface area contributed by atoms with Crippen LogP contribution in [0.25, 0.3) is 0 Å². The number of amides is 1. The highest BCUT2D eigenvalue weighted by molar-refractivity contribution is 5.80. The summed E-state index contributed by atoms with van der Waals surface area (Å²) in [4.78, 5) is 12.1. The van der Waals surface area contributed by atoms with Crippen LogP contribution in [-0.4, -0.2) is 25.2 Å². The largest absolute Gasteiger partial charge is 0.376 e. The molecule has 1 fully saturated rings. The van der Waals surface area contributed by atoms with Crippen molar-refractivity contribution in [2.24, 2.45) is 5.92 Å². The maximum atomic E-state index is 12.1. The van der Waals surface area contributed by atoms with Crippen molar-refractivity contribution >= 4 is 5.91 Å². The van der Waals surface area contributed by atoms with Gasteiger partial charge in [0.2, 0.25) is 5.91 Å². The minimum absolute atomic E-state index is 0.115. The lowest BCUT2D eigenvalue weighted by atomic mass is 10.1. The van der Waals surface area contributed by atoms with Crippen molar-refractivity contribution < 1.29 is 9.53 Å². The molecule has 1 saturated heterocycles. The van der Waals surface area contributed by atoms with E-state index in [1.807, 2.05) is 12.1 Å². The molecular formula is C15H19NO2. The summed E-state index contributed by atoms with van der Waals surface area (Å²) < 4.78 is 5.51. The number of hydrogen-bond acceptors (Lipinski definition) is 2. The molecule has 0 spiro atoms. The van der Waals surface area contributed by atoms with Gasteiger partial charge in [0.25, 0.3) is 0 Å². The first-order valence-corrected chi connectivity index (χ1v) is 6.79. The normalized spacial score (nSPS) is 23.0. The van der Waals surface area contributed by atoms with Crippen molar-refractivity contribution in [1.82, 2.24) is 5.32 Å². The molecule has 1 atom stereocenters. The summed E-state index contributed by atoms with van der Waals surface area (Å²) in [6.45, 7) is 1.51. The van der Waals surface area contributed by atoms with Crippen LogP contribution in [0.5, 0.6) is 0 Å². The van der Waals surface area contributed by atoms with Crippen molar-refractivity contribution in [3.8, 4) is 0 Å². The predicted molar refractivity (Wildman–Crippen MR) is 69.3 cm³/mol. The van der Waals surface area contributed by atoms with Crippen LogP contribution in [0.15, 0.2) is 24.3 Å². The number of fused-ring (bicyclic) bond motifs is 1. The number of carbonyl (C=O) groups is 1. The number of hydrogen-bond donors (Lipinski definition) is 1. The second-order valence-corrected chi connectivity index (χ2v) is 5.25. The molecule has 0 saturated carbocycles. The van der Waals surface area contributed by atoms with Crippen LogP contribution >= 0.6 is 0 Å². The summed E-state index contributed by atoms with van der Waals surface area (Å²) >= 11 is 0. The maximum absolute atomic E-state index is 12.1. The first-order chi connectivity index (χ1) is 8.83. The average Bonchev–Trinajstić information content (AvgIpc) is 3.04. The molecule has 0 unspecified atom stereocenters. The Bertz CT molecular complexity index is 413. The second kappa shape index (κ2) is 5.11. The number of nitrogens with one attached hydrogen (secondary N) is 1. The molecule has 1 amide bonds. The van der Waals surface area contributed by atoms with E-state index in [1.54, 1.807) is 0 Å².